The van der Waals surface area contributed by atoms with Crippen LogP contribution < -0.4 is 10.2 Å². The molecule has 0 spiro atoms. The van der Waals surface area contributed by atoms with Gasteiger partial charge < -0.3 is 19.9 Å². The highest BCUT2D eigenvalue weighted by atomic mass is 19.3. The van der Waals surface area contributed by atoms with Gasteiger partial charge in [0.1, 0.15) is 11.6 Å². The van der Waals surface area contributed by atoms with Crippen molar-refractivity contribution in [3.05, 3.63) is 66.0 Å². The third-order valence-corrected chi connectivity index (χ3v) is 7.90. The Hall–Kier alpha value is -4.21. The Kier molecular flexibility index (Phi) is 8.89. The predicted octanol–water partition coefficient (Wildman–Crippen LogP) is 6.45. The maximum absolute atomic E-state index is 14.0. The van der Waals surface area contributed by atoms with Crippen LogP contribution in [0.1, 0.15) is 48.7 Å². The van der Waals surface area contributed by atoms with Gasteiger partial charge in [0.25, 0.3) is 0 Å². The Morgan fingerprint density at radius 2 is 1.90 bits per heavy atom. The minimum atomic E-state index is -2.73. The summed E-state index contributed by atoms with van der Waals surface area (Å²) in [6.45, 7) is 8.08. The molecule has 5 rings (SSSR count). The second-order valence-corrected chi connectivity index (χ2v) is 10.8. The zero-order valence-electron chi connectivity index (χ0n) is 24.0. The highest BCUT2D eigenvalue weighted by Gasteiger charge is 2.48. The summed E-state index contributed by atoms with van der Waals surface area (Å²) in [6, 6.07) is 14.9. The van der Waals surface area contributed by atoms with Gasteiger partial charge in [-0.05, 0) is 68.3 Å². The molecule has 0 unspecified atom stereocenters. The molecule has 10 heteroatoms. The molecule has 0 amide bonds. The number of nitrogens with zero attached hydrogens (tertiary/aromatic N) is 5. The van der Waals surface area contributed by atoms with Crippen LogP contribution in [0.25, 0.3) is 11.1 Å². The summed E-state index contributed by atoms with van der Waals surface area (Å²) in [5, 5.41) is 3.31. The molecule has 1 aliphatic heterocycles. The predicted molar refractivity (Wildman–Crippen MR) is 163 cm³/mol. The van der Waals surface area contributed by atoms with Crippen LogP contribution in [0.3, 0.4) is 0 Å². The summed E-state index contributed by atoms with van der Waals surface area (Å²) in [6.07, 6.45) is 3.22. The van der Waals surface area contributed by atoms with Crippen LogP contribution in [0.4, 0.5) is 26.1 Å². The van der Waals surface area contributed by atoms with Gasteiger partial charge in [-0.1, -0.05) is 18.2 Å². The van der Waals surface area contributed by atoms with E-state index in [1.165, 1.54) is 0 Å². The molecule has 1 saturated carbocycles. The number of alkyl halides is 2. The number of esters is 1. The van der Waals surface area contributed by atoms with E-state index in [1.807, 2.05) is 42.5 Å². The molecule has 2 aliphatic rings. The molecule has 1 saturated heterocycles. The standard InChI is InChI=1S/C32H36F2N6O2/c1-4-42-31(41)26-16-25(22-10-11-27(37-20-22)40-14-12-21(13-15-40)19-35-2)28(29(36-3)23-17-32(33,34)18-23)30(39-26)38-24-8-6-5-7-9-24/h5-11,16,20-21,23H,2,4,12-15,17-19H2,1,3H3,(H,38,39). The van der Waals surface area contributed by atoms with Crippen molar-refractivity contribution in [3.8, 4) is 11.1 Å². The van der Waals surface area contributed by atoms with Gasteiger partial charge in [-0.25, -0.2) is 23.5 Å². The molecule has 2 aromatic heterocycles. The average molecular weight is 575 g/mol. The van der Waals surface area contributed by atoms with Crippen molar-refractivity contribution in [2.24, 2.45) is 21.8 Å². The summed E-state index contributed by atoms with van der Waals surface area (Å²) >= 11 is 0. The van der Waals surface area contributed by atoms with E-state index >= 15 is 0 Å². The van der Waals surface area contributed by atoms with Crippen LogP contribution in [0.15, 0.2) is 64.7 Å². The van der Waals surface area contributed by atoms with E-state index in [2.05, 4.69) is 31.9 Å². The number of pyridine rings is 2. The number of hydrogen-bond acceptors (Lipinski definition) is 8. The van der Waals surface area contributed by atoms with Crippen molar-refractivity contribution in [2.75, 3.05) is 43.5 Å². The van der Waals surface area contributed by atoms with E-state index in [-0.39, 0.29) is 25.1 Å². The largest absolute Gasteiger partial charge is 0.461 e. The number of aliphatic imine (C=N–C) groups is 2. The molecule has 3 aromatic rings. The van der Waals surface area contributed by atoms with Crippen LogP contribution in [-0.4, -0.2) is 67.6 Å². The molecule has 3 heterocycles. The van der Waals surface area contributed by atoms with Crippen LogP contribution >= 0.6 is 0 Å². The zero-order valence-corrected chi connectivity index (χ0v) is 24.0. The number of carbonyl (C=O) groups is 1. The van der Waals surface area contributed by atoms with Gasteiger partial charge in [0, 0.05) is 74.2 Å². The number of ether oxygens (including phenoxy) is 1. The minimum absolute atomic E-state index is 0.102. The molecule has 1 aromatic carbocycles. The summed E-state index contributed by atoms with van der Waals surface area (Å²) in [5.74, 6) is -2.01. The van der Waals surface area contributed by atoms with Gasteiger partial charge in [-0.2, -0.15) is 0 Å². The molecule has 1 aliphatic carbocycles. The Balaban J connectivity index is 1.58. The second-order valence-electron chi connectivity index (χ2n) is 10.8. The topological polar surface area (TPSA) is 92.1 Å². The van der Waals surface area contributed by atoms with Crippen molar-refractivity contribution >= 4 is 35.7 Å². The van der Waals surface area contributed by atoms with Crippen LogP contribution in [0.2, 0.25) is 0 Å². The minimum Gasteiger partial charge on any atom is -0.461 e. The number of para-hydroxylation sites is 1. The van der Waals surface area contributed by atoms with E-state index in [1.54, 1.807) is 26.2 Å². The third kappa shape index (κ3) is 6.48. The first kappa shape index (κ1) is 29.3. The normalized spacial score (nSPS) is 17.4. The molecule has 1 N–H and O–H groups in total. The lowest BCUT2D eigenvalue weighted by molar-refractivity contribution is -0.0908. The van der Waals surface area contributed by atoms with Crippen molar-refractivity contribution in [2.45, 2.75) is 38.5 Å². The summed E-state index contributed by atoms with van der Waals surface area (Å²) in [7, 11) is 1.61. The molecular formula is C32H36F2N6O2. The molecule has 0 bridgehead atoms. The Morgan fingerprint density at radius 3 is 2.50 bits per heavy atom. The lowest BCUT2D eigenvalue weighted by Crippen LogP contribution is -2.40. The van der Waals surface area contributed by atoms with Gasteiger partial charge in [0.2, 0.25) is 5.92 Å². The summed E-state index contributed by atoms with van der Waals surface area (Å²) in [5.41, 5.74) is 3.26. The number of piperidine rings is 1. The van der Waals surface area contributed by atoms with Crippen LogP contribution in [0, 0.1) is 11.8 Å². The van der Waals surface area contributed by atoms with Crippen molar-refractivity contribution in [3.63, 3.8) is 0 Å². The number of aromatic nitrogens is 2. The molecule has 8 nitrogen and oxygen atoms in total. The van der Waals surface area contributed by atoms with Gasteiger partial charge in [0.15, 0.2) is 5.69 Å². The number of halogens is 2. The fourth-order valence-electron chi connectivity index (χ4n) is 5.70. The quantitative estimate of drug-likeness (QED) is 0.221. The third-order valence-electron chi connectivity index (χ3n) is 7.90. The highest BCUT2D eigenvalue weighted by Crippen LogP contribution is 2.46. The molecule has 42 heavy (non-hydrogen) atoms. The first-order valence-electron chi connectivity index (χ1n) is 14.3. The van der Waals surface area contributed by atoms with Crippen molar-refractivity contribution in [1.82, 2.24) is 9.97 Å². The zero-order chi connectivity index (χ0) is 29.7. The Morgan fingerprint density at radius 1 is 1.17 bits per heavy atom. The van der Waals surface area contributed by atoms with Crippen LogP contribution in [-0.2, 0) is 4.74 Å². The van der Waals surface area contributed by atoms with Gasteiger partial charge in [0.05, 0.1) is 6.61 Å². The molecule has 0 radical (unpaired) electrons. The van der Waals surface area contributed by atoms with Crippen LogP contribution in [0.5, 0.6) is 0 Å². The molecular weight excluding hydrogens is 538 g/mol. The fourth-order valence-corrected chi connectivity index (χ4v) is 5.70. The Labute approximate surface area is 245 Å². The van der Waals surface area contributed by atoms with Crippen molar-refractivity contribution in [1.29, 1.82) is 0 Å². The summed E-state index contributed by atoms with van der Waals surface area (Å²) < 4.78 is 33.4. The smallest absolute Gasteiger partial charge is 0.357 e. The lowest BCUT2D eigenvalue weighted by Gasteiger charge is -2.36. The highest BCUT2D eigenvalue weighted by molar-refractivity contribution is 6.12. The first-order valence-corrected chi connectivity index (χ1v) is 14.3. The van der Waals surface area contributed by atoms with E-state index in [0.29, 0.717) is 28.6 Å². The van der Waals surface area contributed by atoms with Gasteiger partial charge in [-0.3, -0.25) is 4.99 Å². The molecule has 0 atom stereocenters. The lowest BCUT2D eigenvalue weighted by atomic mass is 9.75. The maximum atomic E-state index is 14.0. The number of nitrogens with one attached hydrogen (secondary N) is 1. The van der Waals surface area contributed by atoms with E-state index < -0.39 is 17.8 Å². The van der Waals surface area contributed by atoms with Gasteiger partial charge in [-0.15, -0.1) is 0 Å². The molecule has 220 valence electrons. The van der Waals surface area contributed by atoms with E-state index in [4.69, 9.17) is 9.72 Å². The monoisotopic (exact) mass is 574 g/mol. The number of benzene rings is 1. The summed E-state index contributed by atoms with van der Waals surface area (Å²) in [4.78, 5) is 33.1. The first-order chi connectivity index (χ1) is 20.3. The maximum Gasteiger partial charge on any atom is 0.357 e. The fraction of sp³-hybridized carbons (Fsp3) is 0.406. The van der Waals surface area contributed by atoms with Gasteiger partial charge >= 0.3 is 5.97 Å². The number of rotatable bonds is 10. The second kappa shape index (κ2) is 12.8. The molecule has 2 fully saturated rings. The van der Waals surface area contributed by atoms with Crippen molar-refractivity contribution < 1.29 is 18.3 Å². The number of hydrogen-bond donors (Lipinski definition) is 1. The number of carbonyl (C=O) groups excluding carboxylic acids is 1. The SMILES string of the molecule is C=NCC1CCN(c2ccc(-c3cc(C(=O)OCC)nc(Nc4ccccc4)c3C(=NC)C3CC(F)(F)C3)cn2)CC1. The Bertz CT molecular complexity index is 1430. The number of anilines is 3. The van der Waals surface area contributed by atoms with E-state index in [0.717, 1.165) is 49.5 Å². The average Bonchev–Trinajstić information content (AvgIpc) is 2.98. The van der Waals surface area contributed by atoms with E-state index in [9.17, 15) is 13.6 Å².